The summed E-state index contributed by atoms with van der Waals surface area (Å²) in [4.78, 5) is 11.3. The Hall–Kier alpha value is -1.74. The van der Waals surface area contributed by atoms with Crippen molar-refractivity contribution in [1.82, 2.24) is 29.9 Å². The topological polar surface area (TPSA) is 72.0 Å². The Balaban J connectivity index is 0.00000182. The zero-order valence-corrected chi connectivity index (χ0v) is 16.0. The summed E-state index contributed by atoms with van der Waals surface area (Å²) in [6.07, 6.45) is 1.81. The number of rotatable bonds is 3. The van der Waals surface area contributed by atoms with Gasteiger partial charge in [0.2, 0.25) is 0 Å². The first-order chi connectivity index (χ1) is 11.6. The van der Waals surface area contributed by atoms with Crippen LogP contribution in [0.1, 0.15) is 23.3 Å². The maximum atomic E-state index is 5.57. The molecule has 4 heterocycles. The molecule has 9 heteroatoms. The molecule has 1 saturated heterocycles. The number of aromatic nitrogens is 4. The SMILES string of the molecule is Cc1cc(-c2nc(C3CNCCN3C)no2)c(C)n1-c1nccs1.Cl. The molecule has 1 aliphatic rings. The minimum atomic E-state index is 0. The number of hydrogen-bond acceptors (Lipinski definition) is 7. The van der Waals surface area contributed by atoms with Gasteiger partial charge in [0, 0.05) is 42.6 Å². The standard InChI is InChI=1S/C16H20N6OS.ClH/c1-10-8-12(11(2)22(10)16-18-5-7-24-16)15-19-14(20-23-15)13-9-17-4-6-21(13)3;/h5,7-8,13,17H,4,6,9H2,1-3H3;1H. The highest BCUT2D eigenvalue weighted by Crippen LogP contribution is 2.30. The Labute approximate surface area is 156 Å². The molecule has 0 bridgehead atoms. The third kappa shape index (κ3) is 3.22. The predicted octanol–water partition coefficient (Wildman–Crippen LogP) is 2.60. The van der Waals surface area contributed by atoms with Gasteiger partial charge in [-0.1, -0.05) is 5.16 Å². The van der Waals surface area contributed by atoms with E-state index in [0.29, 0.717) is 5.89 Å². The van der Waals surface area contributed by atoms with Gasteiger partial charge in [0.05, 0.1) is 11.6 Å². The van der Waals surface area contributed by atoms with Gasteiger partial charge >= 0.3 is 0 Å². The smallest absolute Gasteiger partial charge is 0.259 e. The third-order valence-electron chi connectivity index (χ3n) is 4.52. The monoisotopic (exact) mass is 380 g/mol. The summed E-state index contributed by atoms with van der Waals surface area (Å²) in [7, 11) is 2.09. The van der Waals surface area contributed by atoms with E-state index < -0.39 is 0 Å². The Morgan fingerprint density at radius 2 is 2.20 bits per heavy atom. The molecule has 134 valence electrons. The van der Waals surface area contributed by atoms with Crippen LogP contribution in [0.15, 0.2) is 22.2 Å². The lowest BCUT2D eigenvalue weighted by molar-refractivity contribution is 0.190. The molecule has 0 radical (unpaired) electrons. The zero-order valence-electron chi connectivity index (χ0n) is 14.4. The van der Waals surface area contributed by atoms with E-state index in [1.807, 2.05) is 11.6 Å². The molecule has 1 aliphatic heterocycles. The fourth-order valence-corrected chi connectivity index (χ4v) is 3.93. The van der Waals surface area contributed by atoms with E-state index in [1.54, 1.807) is 11.3 Å². The van der Waals surface area contributed by atoms with Crippen molar-refractivity contribution in [2.75, 3.05) is 26.7 Å². The van der Waals surface area contributed by atoms with Gasteiger partial charge in [0.25, 0.3) is 5.89 Å². The van der Waals surface area contributed by atoms with E-state index in [2.05, 4.69) is 56.9 Å². The second kappa shape index (κ2) is 7.25. The van der Waals surface area contributed by atoms with Crippen LogP contribution in [0.3, 0.4) is 0 Å². The van der Waals surface area contributed by atoms with E-state index in [4.69, 9.17) is 4.52 Å². The minimum absolute atomic E-state index is 0. The van der Waals surface area contributed by atoms with Crippen LogP contribution in [0, 0.1) is 13.8 Å². The lowest BCUT2D eigenvalue weighted by Gasteiger charge is -2.30. The average Bonchev–Trinajstić information content (AvgIpc) is 3.28. The van der Waals surface area contributed by atoms with E-state index in [0.717, 1.165) is 47.5 Å². The van der Waals surface area contributed by atoms with Crippen molar-refractivity contribution in [2.24, 2.45) is 0 Å². The Morgan fingerprint density at radius 1 is 1.36 bits per heavy atom. The number of thiazole rings is 1. The van der Waals surface area contributed by atoms with Gasteiger partial charge in [0.15, 0.2) is 11.0 Å². The Bertz CT molecular complexity index is 843. The summed E-state index contributed by atoms with van der Waals surface area (Å²) in [5.41, 5.74) is 3.13. The molecule has 3 aromatic heterocycles. The van der Waals surface area contributed by atoms with Gasteiger partial charge in [0.1, 0.15) is 0 Å². The van der Waals surface area contributed by atoms with Gasteiger partial charge in [-0.05, 0) is 27.0 Å². The van der Waals surface area contributed by atoms with Crippen LogP contribution in [-0.4, -0.2) is 51.3 Å². The van der Waals surface area contributed by atoms with Crippen LogP contribution < -0.4 is 5.32 Å². The number of piperazine rings is 1. The molecule has 0 spiro atoms. The van der Waals surface area contributed by atoms with Crippen LogP contribution in [0.25, 0.3) is 16.6 Å². The number of hydrogen-bond donors (Lipinski definition) is 1. The largest absolute Gasteiger partial charge is 0.334 e. The molecule has 1 unspecified atom stereocenters. The van der Waals surface area contributed by atoms with Crippen LogP contribution >= 0.6 is 23.7 Å². The molecule has 0 amide bonds. The highest BCUT2D eigenvalue weighted by molar-refractivity contribution is 7.12. The van der Waals surface area contributed by atoms with Crippen molar-refractivity contribution in [3.63, 3.8) is 0 Å². The second-order valence-electron chi connectivity index (χ2n) is 6.09. The fraction of sp³-hybridized carbons (Fsp3) is 0.438. The molecule has 1 atom stereocenters. The van der Waals surface area contributed by atoms with Crippen molar-refractivity contribution in [3.05, 3.63) is 34.9 Å². The molecule has 1 fully saturated rings. The van der Waals surface area contributed by atoms with Crippen molar-refractivity contribution in [2.45, 2.75) is 19.9 Å². The van der Waals surface area contributed by atoms with Crippen LogP contribution in [0.2, 0.25) is 0 Å². The van der Waals surface area contributed by atoms with E-state index in [-0.39, 0.29) is 18.4 Å². The van der Waals surface area contributed by atoms with E-state index in [9.17, 15) is 0 Å². The normalized spacial score (nSPS) is 18.3. The van der Waals surface area contributed by atoms with E-state index >= 15 is 0 Å². The maximum absolute atomic E-state index is 5.57. The summed E-state index contributed by atoms with van der Waals surface area (Å²) in [5.74, 6) is 1.30. The fourth-order valence-electron chi connectivity index (χ4n) is 3.17. The third-order valence-corrected chi connectivity index (χ3v) is 5.28. The first-order valence-corrected chi connectivity index (χ1v) is 8.87. The molecule has 25 heavy (non-hydrogen) atoms. The highest BCUT2D eigenvalue weighted by atomic mass is 35.5. The van der Waals surface area contributed by atoms with Crippen molar-refractivity contribution in [1.29, 1.82) is 0 Å². The molecule has 1 N–H and O–H groups in total. The van der Waals surface area contributed by atoms with Gasteiger partial charge in [-0.2, -0.15) is 4.98 Å². The number of aryl methyl sites for hydroxylation is 1. The lowest BCUT2D eigenvalue weighted by atomic mass is 10.2. The molecule has 4 rings (SSSR count). The average molecular weight is 381 g/mol. The van der Waals surface area contributed by atoms with Gasteiger partial charge in [-0.15, -0.1) is 23.7 Å². The van der Waals surface area contributed by atoms with E-state index in [1.165, 1.54) is 0 Å². The number of likely N-dealkylation sites (N-methyl/N-ethyl adjacent to an activating group) is 1. The highest BCUT2D eigenvalue weighted by Gasteiger charge is 2.26. The van der Waals surface area contributed by atoms with Crippen molar-refractivity contribution < 1.29 is 4.52 Å². The van der Waals surface area contributed by atoms with Gasteiger partial charge in [-0.25, -0.2) is 4.98 Å². The second-order valence-corrected chi connectivity index (χ2v) is 6.97. The number of nitrogens with one attached hydrogen (secondary N) is 1. The first-order valence-electron chi connectivity index (χ1n) is 7.99. The summed E-state index contributed by atoms with van der Waals surface area (Å²) >= 11 is 1.61. The van der Waals surface area contributed by atoms with Gasteiger partial charge in [-0.3, -0.25) is 9.47 Å². The summed E-state index contributed by atoms with van der Waals surface area (Å²) in [5, 5.41) is 10.5. The summed E-state index contributed by atoms with van der Waals surface area (Å²) < 4.78 is 7.70. The summed E-state index contributed by atoms with van der Waals surface area (Å²) in [6, 6.07) is 2.23. The first kappa shape index (κ1) is 18.1. The predicted molar refractivity (Wildman–Crippen MR) is 99.7 cm³/mol. The molecule has 3 aromatic rings. The molecule has 0 aromatic carbocycles. The Morgan fingerprint density at radius 3 is 2.92 bits per heavy atom. The summed E-state index contributed by atoms with van der Waals surface area (Å²) in [6.45, 7) is 6.93. The number of halogens is 1. The molecular formula is C16H21ClN6OS. The van der Waals surface area contributed by atoms with Crippen LogP contribution in [0.5, 0.6) is 0 Å². The lowest BCUT2D eigenvalue weighted by Crippen LogP contribution is -2.44. The molecule has 0 aliphatic carbocycles. The number of nitrogens with zero attached hydrogens (tertiary/aromatic N) is 5. The minimum Gasteiger partial charge on any atom is -0.334 e. The maximum Gasteiger partial charge on any atom is 0.259 e. The van der Waals surface area contributed by atoms with Crippen molar-refractivity contribution >= 4 is 23.7 Å². The molecule has 7 nitrogen and oxygen atoms in total. The van der Waals surface area contributed by atoms with Crippen molar-refractivity contribution in [3.8, 4) is 16.6 Å². The quantitative estimate of drug-likeness (QED) is 0.753. The molecule has 0 saturated carbocycles. The Kier molecular flexibility index (Phi) is 5.24. The van der Waals surface area contributed by atoms with Crippen LogP contribution in [-0.2, 0) is 0 Å². The van der Waals surface area contributed by atoms with Crippen LogP contribution in [0.4, 0.5) is 0 Å². The zero-order chi connectivity index (χ0) is 16.7. The molecular weight excluding hydrogens is 360 g/mol. The van der Waals surface area contributed by atoms with Gasteiger partial charge < -0.3 is 9.84 Å².